The van der Waals surface area contributed by atoms with Crippen molar-refractivity contribution in [3.05, 3.63) is 71.5 Å². The van der Waals surface area contributed by atoms with E-state index in [2.05, 4.69) is 10.6 Å². The molecule has 4 N–H and O–H groups in total. The maximum atomic E-state index is 13.1. The van der Waals surface area contributed by atoms with E-state index in [1.165, 1.54) is 12.1 Å². The Labute approximate surface area is 140 Å². The zero-order chi connectivity index (χ0) is 17.4. The van der Waals surface area contributed by atoms with E-state index in [1.807, 2.05) is 30.3 Å². The van der Waals surface area contributed by atoms with Gasteiger partial charge in [-0.25, -0.2) is 9.18 Å². The monoisotopic (exact) mass is 329 g/mol. The van der Waals surface area contributed by atoms with Gasteiger partial charge >= 0.3 is 6.03 Å². The van der Waals surface area contributed by atoms with E-state index in [1.54, 1.807) is 12.1 Å². The highest BCUT2D eigenvalue weighted by Crippen LogP contribution is 2.16. The van der Waals surface area contributed by atoms with Gasteiger partial charge in [0.2, 0.25) is 5.91 Å². The van der Waals surface area contributed by atoms with Gasteiger partial charge in [0.05, 0.1) is 12.5 Å². The number of primary amides is 1. The van der Waals surface area contributed by atoms with Gasteiger partial charge in [-0.2, -0.15) is 0 Å². The highest BCUT2D eigenvalue weighted by Gasteiger charge is 2.16. The largest absolute Gasteiger partial charge is 0.356 e. The summed E-state index contributed by atoms with van der Waals surface area (Å²) in [7, 11) is 0. The van der Waals surface area contributed by atoms with Crippen LogP contribution in [0, 0.1) is 5.82 Å². The predicted molar refractivity (Wildman–Crippen MR) is 89.6 cm³/mol. The Hall–Kier alpha value is -2.89. The molecule has 6 heteroatoms. The smallest absolute Gasteiger partial charge is 0.312 e. The average Bonchev–Trinajstić information content (AvgIpc) is 2.55. The normalized spacial score (nSPS) is 11.5. The number of nitrogens with two attached hydrogens (primary N) is 1. The number of nitrogens with one attached hydrogen (secondary N) is 2. The fourth-order valence-electron chi connectivity index (χ4n) is 2.41. The first-order valence-electron chi connectivity index (χ1n) is 7.66. The summed E-state index contributed by atoms with van der Waals surface area (Å²) in [5.74, 6) is -0.511. The molecular formula is C18H20FN3O2. The number of amides is 3. The lowest BCUT2D eigenvalue weighted by Gasteiger charge is -2.17. The van der Waals surface area contributed by atoms with Crippen LogP contribution in [0.3, 0.4) is 0 Å². The molecule has 0 saturated heterocycles. The van der Waals surface area contributed by atoms with E-state index in [0.29, 0.717) is 13.0 Å². The number of urea groups is 1. The van der Waals surface area contributed by atoms with Crippen LogP contribution in [0.15, 0.2) is 54.6 Å². The summed E-state index contributed by atoms with van der Waals surface area (Å²) < 4.78 is 13.1. The van der Waals surface area contributed by atoms with Crippen molar-refractivity contribution in [1.82, 2.24) is 10.6 Å². The Morgan fingerprint density at radius 1 is 1.08 bits per heavy atom. The zero-order valence-corrected chi connectivity index (χ0v) is 13.2. The average molecular weight is 329 g/mol. The molecule has 5 nitrogen and oxygen atoms in total. The highest BCUT2D eigenvalue weighted by molar-refractivity contribution is 5.78. The van der Waals surface area contributed by atoms with E-state index < -0.39 is 12.1 Å². The summed E-state index contributed by atoms with van der Waals surface area (Å²) >= 11 is 0. The van der Waals surface area contributed by atoms with Gasteiger partial charge in [-0.05, 0) is 29.7 Å². The molecule has 0 aromatic heterocycles. The fraction of sp³-hybridized carbons (Fsp3) is 0.222. The quantitative estimate of drug-likeness (QED) is 0.728. The molecule has 0 aliphatic rings. The van der Waals surface area contributed by atoms with Crippen molar-refractivity contribution in [1.29, 1.82) is 0 Å². The van der Waals surface area contributed by atoms with Crippen LogP contribution in [0.4, 0.5) is 9.18 Å². The number of carbonyl (C=O) groups excluding carboxylic acids is 2. The molecule has 0 heterocycles. The first kappa shape index (κ1) is 17.5. The van der Waals surface area contributed by atoms with Crippen molar-refractivity contribution >= 4 is 11.9 Å². The summed E-state index contributed by atoms with van der Waals surface area (Å²) in [4.78, 5) is 23.2. The maximum Gasteiger partial charge on any atom is 0.312 e. The third kappa shape index (κ3) is 5.72. The number of carbonyl (C=O) groups is 2. The Morgan fingerprint density at radius 3 is 2.50 bits per heavy atom. The summed E-state index contributed by atoms with van der Waals surface area (Å²) in [6.07, 6.45) is 0.610. The molecule has 0 bridgehead atoms. The lowest BCUT2D eigenvalue weighted by Crippen LogP contribution is -2.37. The van der Waals surface area contributed by atoms with Crippen molar-refractivity contribution in [3.63, 3.8) is 0 Å². The van der Waals surface area contributed by atoms with Gasteiger partial charge < -0.3 is 16.4 Å². The van der Waals surface area contributed by atoms with Crippen LogP contribution in [0.5, 0.6) is 0 Å². The van der Waals surface area contributed by atoms with Gasteiger partial charge in [0.15, 0.2) is 0 Å². The lowest BCUT2D eigenvalue weighted by atomic mass is 10.0. The second-order valence-corrected chi connectivity index (χ2v) is 5.41. The lowest BCUT2D eigenvalue weighted by molar-refractivity contribution is -0.121. The topological polar surface area (TPSA) is 84.2 Å². The Balaban J connectivity index is 1.87. The molecule has 126 valence electrons. The fourth-order valence-corrected chi connectivity index (χ4v) is 2.41. The van der Waals surface area contributed by atoms with Crippen LogP contribution < -0.4 is 16.4 Å². The van der Waals surface area contributed by atoms with Crippen LogP contribution in [-0.4, -0.2) is 18.5 Å². The minimum absolute atomic E-state index is 0.0795. The third-order valence-corrected chi connectivity index (χ3v) is 3.53. The molecular weight excluding hydrogens is 309 g/mol. The van der Waals surface area contributed by atoms with Crippen LogP contribution >= 0.6 is 0 Å². The van der Waals surface area contributed by atoms with E-state index in [-0.39, 0.29) is 18.1 Å². The van der Waals surface area contributed by atoms with Gasteiger partial charge in [0.1, 0.15) is 5.82 Å². The molecule has 1 atom stereocenters. The van der Waals surface area contributed by atoms with Gasteiger partial charge in [-0.1, -0.05) is 42.5 Å². The minimum Gasteiger partial charge on any atom is -0.356 e. The first-order valence-corrected chi connectivity index (χ1v) is 7.66. The molecule has 2 aromatic rings. The molecule has 2 aromatic carbocycles. The number of rotatable bonds is 7. The van der Waals surface area contributed by atoms with Gasteiger partial charge in [0, 0.05) is 6.54 Å². The highest BCUT2D eigenvalue weighted by atomic mass is 19.1. The van der Waals surface area contributed by atoms with Crippen LogP contribution in [0.2, 0.25) is 0 Å². The number of halogens is 1. The van der Waals surface area contributed by atoms with Crippen molar-refractivity contribution in [2.24, 2.45) is 5.73 Å². The van der Waals surface area contributed by atoms with Gasteiger partial charge in [0.25, 0.3) is 0 Å². The van der Waals surface area contributed by atoms with Crippen molar-refractivity contribution in [3.8, 4) is 0 Å². The van der Waals surface area contributed by atoms with Gasteiger partial charge in [-0.15, -0.1) is 0 Å². The third-order valence-electron chi connectivity index (χ3n) is 3.53. The molecule has 0 aliphatic heterocycles. The summed E-state index contributed by atoms with van der Waals surface area (Å²) in [6, 6.07) is 14.2. The van der Waals surface area contributed by atoms with Crippen LogP contribution in [0.25, 0.3) is 0 Å². The molecule has 3 amide bonds. The first-order chi connectivity index (χ1) is 11.5. The Bertz CT molecular complexity index is 692. The Morgan fingerprint density at radius 2 is 1.83 bits per heavy atom. The number of hydrogen-bond acceptors (Lipinski definition) is 2. The minimum atomic E-state index is -0.684. The molecule has 2 rings (SSSR count). The number of hydrogen-bond donors (Lipinski definition) is 3. The molecule has 0 unspecified atom stereocenters. The molecule has 0 radical (unpaired) electrons. The molecule has 0 aliphatic carbocycles. The van der Waals surface area contributed by atoms with Crippen molar-refractivity contribution in [2.75, 3.05) is 6.54 Å². The van der Waals surface area contributed by atoms with E-state index in [4.69, 9.17) is 5.73 Å². The van der Waals surface area contributed by atoms with Gasteiger partial charge in [-0.3, -0.25) is 4.79 Å². The molecule has 0 fully saturated rings. The SMILES string of the molecule is NC(=O)N[C@H](CC(=O)NCCc1cccc(F)c1)c1ccccc1. The van der Waals surface area contributed by atoms with Crippen LogP contribution in [0.1, 0.15) is 23.6 Å². The molecule has 24 heavy (non-hydrogen) atoms. The summed E-state index contributed by atoms with van der Waals surface area (Å²) in [5, 5.41) is 5.34. The van der Waals surface area contributed by atoms with Crippen molar-refractivity contribution < 1.29 is 14.0 Å². The molecule has 0 saturated carbocycles. The number of benzene rings is 2. The van der Waals surface area contributed by atoms with E-state index in [0.717, 1.165) is 11.1 Å². The summed E-state index contributed by atoms with van der Waals surface area (Å²) in [6.45, 7) is 0.389. The Kier molecular flexibility index (Phi) is 6.31. The van der Waals surface area contributed by atoms with E-state index >= 15 is 0 Å². The summed E-state index contributed by atoms with van der Waals surface area (Å²) in [5.41, 5.74) is 6.79. The second-order valence-electron chi connectivity index (χ2n) is 5.41. The predicted octanol–water partition coefficient (Wildman–Crippen LogP) is 2.28. The maximum absolute atomic E-state index is 13.1. The standard InChI is InChI=1S/C18H20FN3O2/c19-15-8-4-5-13(11-15)9-10-21-17(23)12-16(22-18(20)24)14-6-2-1-3-7-14/h1-8,11,16H,9-10,12H2,(H,21,23)(H3,20,22,24)/t16-/m1/s1. The van der Waals surface area contributed by atoms with Crippen molar-refractivity contribution in [2.45, 2.75) is 18.9 Å². The zero-order valence-electron chi connectivity index (χ0n) is 13.2. The van der Waals surface area contributed by atoms with Crippen LogP contribution in [-0.2, 0) is 11.2 Å². The molecule has 0 spiro atoms. The second kappa shape index (κ2) is 8.67. The van der Waals surface area contributed by atoms with E-state index in [9.17, 15) is 14.0 Å².